The van der Waals surface area contributed by atoms with E-state index in [4.69, 9.17) is 9.84 Å². The quantitative estimate of drug-likeness (QED) is 0.494. The number of carbonyl (C=O) groups is 2. The molecule has 0 saturated carbocycles. The van der Waals surface area contributed by atoms with E-state index < -0.39 is 29.7 Å². The second-order valence-electron chi connectivity index (χ2n) is 3.85. The maximum Gasteiger partial charge on any atom is 0.339 e. The lowest BCUT2D eigenvalue weighted by Gasteiger charge is -2.18. The normalized spacial score (nSPS) is 26.7. The Balaban J connectivity index is 2.40. The highest BCUT2D eigenvalue weighted by atomic mass is 16.7. The van der Waals surface area contributed by atoms with E-state index in [2.05, 4.69) is 4.74 Å². The van der Waals surface area contributed by atoms with Gasteiger partial charge < -0.3 is 14.6 Å². The second-order valence-corrected chi connectivity index (χ2v) is 3.85. The summed E-state index contributed by atoms with van der Waals surface area (Å²) in [6.45, 7) is 5.13. The predicted octanol–water partition coefficient (Wildman–Crippen LogP) is 0.180. The third-order valence-electron chi connectivity index (χ3n) is 1.37. The van der Waals surface area contributed by atoms with Crippen molar-refractivity contribution in [1.82, 2.24) is 0 Å². The molecule has 74 valence electrons. The van der Waals surface area contributed by atoms with Gasteiger partial charge in [-0.05, 0) is 20.8 Å². The van der Waals surface area contributed by atoms with Crippen molar-refractivity contribution in [1.29, 1.82) is 0 Å². The minimum atomic E-state index is -1.13. The summed E-state index contributed by atoms with van der Waals surface area (Å²) in [6, 6.07) is 0. The molecule has 0 spiro atoms. The van der Waals surface area contributed by atoms with Crippen LogP contribution in [0, 0.1) is 0 Å². The van der Waals surface area contributed by atoms with Crippen molar-refractivity contribution in [3.63, 3.8) is 0 Å². The zero-order valence-electron chi connectivity index (χ0n) is 7.73. The number of carboxylic acid groups (broad SMARTS) is 1. The SMILES string of the molecule is CC(C)(C)OC(=O)[C@@H]1O[C@@H]1C(=O)O. The summed E-state index contributed by atoms with van der Waals surface area (Å²) in [7, 11) is 0. The Kier molecular flexibility index (Phi) is 2.30. The van der Waals surface area contributed by atoms with E-state index in [9.17, 15) is 9.59 Å². The van der Waals surface area contributed by atoms with Gasteiger partial charge in [-0.3, -0.25) is 0 Å². The number of hydrogen-bond donors (Lipinski definition) is 1. The summed E-state index contributed by atoms with van der Waals surface area (Å²) in [5.41, 5.74) is -0.605. The summed E-state index contributed by atoms with van der Waals surface area (Å²) in [6.07, 6.45) is -1.94. The molecule has 0 aromatic carbocycles. The van der Waals surface area contributed by atoms with E-state index in [-0.39, 0.29) is 0 Å². The number of hydrogen-bond acceptors (Lipinski definition) is 4. The number of rotatable bonds is 2. The molecule has 0 unspecified atom stereocenters. The maximum atomic E-state index is 11.1. The molecule has 0 aromatic heterocycles. The molecule has 1 rings (SSSR count). The van der Waals surface area contributed by atoms with Crippen molar-refractivity contribution in [2.45, 2.75) is 38.6 Å². The van der Waals surface area contributed by atoms with E-state index in [0.29, 0.717) is 0 Å². The fourth-order valence-electron chi connectivity index (χ4n) is 0.839. The van der Waals surface area contributed by atoms with Gasteiger partial charge in [0.05, 0.1) is 0 Å². The largest absolute Gasteiger partial charge is 0.479 e. The minimum Gasteiger partial charge on any atom is -0.479 e. The van der Waals surface area contributed by atoms with Crippen LogP contribution in [-0.2, 0) is 19.1 Å². The molecule has 5 heteroatoms. The van der Waals surface area contributed by atoms with Crippen LogP contribution in [-0.4, -0.2) is 34.9 Å². The number of aliphatic carboxylic acids is 1. The maximum absolute atomic E-state index is 11.1. The summed E-state index contributed by atoms with van der Waals surface area (Å²) in [4.78, 5) is 21.4. The highest BCUT2D eigenvalue weighted by Crippen LogP contribution is 2.25. The monoisotopic (exact) mass is 188 g/mol. The van der Waals surface area contributed by atoms with Crippen LogP contribution < -0.4 is 0 Å². The zero-order valence-corrected chi connectivity index (χ0v) is 7.73. The molecule has 1 saturated heterocycles. The Labute approximate surface area is 75.6 Å². The Morgan fingerprint density at radius 1 is 1.31 bits per heavy atom. The first kappa shape index (κ1) is 9.98. The highest BCUT2D eigenvalue weighted by Gasteiger charge is 2.52. The molecule has 0 amide bonds. The molecular weight excluding hydrogens is 176 g/mol. The van der Waals surface area contributed by atoms with Gasteiger partial charge in [-0.15, -0.1) is 0 Å². The van der Waals surface area contributed by atoms with Crippen LogP contribution in [0.25, 0.3) is 0 Å². The van der Waals surface area contributed by atoms with Gasteiger partial charge in [0.1, 0.15) is 5.60 Å². The van der Waals surface area contributed by atoms with E-state index in [1.807, 2.05) is 0 Å². The lowest BCUT2D eigenvalue weighted by molar-refractivity contribution is -0.156. The summed E-state index contributed by atoms with van der Waals surface area (Å²) in [5, 5.41) is 8.44. The fraction of sp³-hybridized carbons (Fsp3) is 0.750. The molecule has 0 bridgehead atoms. The highest BCUT2D eigenvalue weighted by molar-refractivity contribution is 5.89. The van der Waals surface area contributed by atoms with Crippen molar-refractivity contribution in [3.8, 4) is 0 Å². The van der Waals surface area contributed by atoms with Gasteiger partial charge in [0.2, 0.25) is 0 Å². The molecule has 0 aromatic rings. The van der Waals surface area contributed by atoms with E-state index in [1.165, 1.54) is 0 Å². The molecule has 1 aliphatic heterocycles. The van der Waals surface area contributed by atoms with E-state index in [0.717, 1.165) is 0 Å². The number of epoxide rings is 1. The van der Waals surface area contributed by atoms with Crippen LogP contribution in [0.3, 0.4) is 0 Å². The average molecular weight is 188 g/mol. The van der Waals surface area contributed by atoms with Crippen LogP contribution in [0.1, 0.15) is 20.8 Å². The topological polar surface area (TPSA) is 76.1 Å². The van der Waals surface area contributed by atoms with Crippen LogP contribution in [0.15, 0.2) is 0 Å². The molecule has 1 N–H and O–H groups in total. The Morgan fingerprint density at radius 2 is 1.85 bits per heavy atom. The smallest absolute Gasteiger partial charge is 0.339 e. The first-order valence-corrected chi connectivity index (χ1v) is 3.92. The zero-order chi connectivity index (χ0) is 10.2. The van der Waals surface area contributed by atoms with Crippen molar-refractivity contribution in [2.24, 2.45) is 0 Å². The van der Waals surface area contributed by atoms with Crippen molar-refractivity contribution in [3.05, 3.63) is 0 Å². The molecule has 1 heterocycles. The van der Waals surface area contributed by atoms with Crippen LogP contribution in [0.2, 0.25) is 0 Å². The van der Waals surface area contributed by atoms with Gasteiger partial charge in [0.25, 0.3) is 0 Å². The Morgan fingerprint density at radius 3 is 2.15 bits per heavy atom. The number of ether oxygens (including phenoxy) is 2. The van der Waals surface area contributed by atoms with Crippen molar-refractivity contribution in [2.75, 3.05) is 0 Å². The Bertz CT molecular complexity index is 239. The molecule has 1 aliphatic rings. The summed E-state index contributed by atoms with van der Waals surface area (Å²) < 4.78 is 9.53. The van der Waals surface area contributed by atoms with E-state index >= 15 is 0 Å². The molecule has 5 nitrogen and oxygen atoms in total. The molecule has 13 heavy (non-hydrogen) atoms. The van der Waals surface area contributed by atoms with Crippen molar-refractivity contribution < 1.29 is 24.2 Å². The molecule has 0 aliphatic carbocycles. The van der Waals surface area contributed by atoms with Crippen LogP contribution in [0.4, 0.5) is 0 Å². The fourth-order valence-corrected chi connectivity index (χ4v) is 0.839. The first-order chi connectivity index (χ1) is 5.81. The van der Waals surface area contributed by atoms with Gasteiger partial charge in [0, 0.05) is 0 Å². The van der Waals surface area contributed by atoms with Gasteiger partial charge in [-0.1, -0.05) is 0 Å². The van der Waals surface area contributed by atoms with Crippen LogP contribution in [0.5, 0.6) is 0 Å². The number of carbonyl (C=O) groups excluding carboxylic acids is 1. The van der Waals surface area contributed by atoms with Gasteiger partial charge >= 0.3 is 11.9 Å². The lowest BCUT2D eigenvalue weighted by atomic mass is 10.2. The number of carboxylic acids is 1. The standard InChI is InChI=1S/C8H12O5/c1-8(2,3)13-7(11)5-4(12-5)6(9)10/h4-5H,1-3H3,(H,9,10)/t4-,5+/m0/s1. The first-order valence-electron chi connectivity index (χ1n) is 3.92. The number of esters is 1. The summed E-state index contributed by atoms with van der Waals surface area (Å²) >= 11 is 0. The minimum absolute atomic E-state index is 0.605. The Hall–Kier alpha value is -1.10. The lowest BCUT2D eigenvalue weighted by Crippen LogP contribution is -2.28. The van der Waals surface area contributed by atoms with Gasteiger partial charge in [-0.2, -0.15) is 0 Å². The molecule has 0 radical (unpaired) electrons. The molecule has 1 fully saturated rings. The summed E-state index contributed by atoms with van der Waals surface area (Å²) in [5.74, 6) is -1.74. The van der Waals surface area contributed by atoms with Crippen molar-refractivity contribution >= 4 is 11.9 Å². The van der Waals surface area contributed by atoms with E-state index in [1.54, 1.807) is 20.8 Å². The third-order valence-corrected chi connectivity index (χ3v) is 1.37. The average Bonchev–Trinajstić information content (AvgIpc) is 2.58. The van der Waals surface area contributed by atoms with Crippen LogP contribution >= 0.6 is 0 Å². The predicted molar refractivity (Wildman–Crippen MR) is 42.1 cm³/mol. The molecule has 2 atom stereocenters. The second kappa shape index (κ2) is 2.99. The van der Waals surface area contributed by atoms with Gasteiger partial charge in [-0.25, -0.2) is 9.59 Å². The van der Waals surface area contributed by atoms with Gasteiger partial charge in [0.15, 0.2) is 12.2 Å². The third kappa shape index (κ3) is 2.69. The molecular formula is C8H12O5.